The quantitative estimate of drug-likeness (QED) is 0.203. The number of esters is 1. The number of ether oxygens (including phenoxy) is 1. The molecule has 3 heterocycles. The van der Waals surface area contributed by atoms with E-state index in [0.717, 1.165) is 34.4 Å². The van der Waals surface area contributed by atoms with Crippen LogP contribution in [0.2, 0.25) is 0 Å². The molecule has 212 valence electrons. The minimum Gasteiger partial charge on any atom is -0.459 e. The zero-order valence-electron chi connectivity index (χ0n) is 21.6. The van der Waals surface area contributed by atoms with E-state index in [1.807, 2.05) is 0 Å². The molecule has 1 aliphatic heterocycles. The maximum absolute atomic E-state index is 14.1. The zero-order valence-corrected chi connectivity index (χ0v) is 22.4. The third-order valence-electron chi connectivity index (χ3n) is 6.87. The van der Waals surface area contributed by atoms with Crippen molar-refractivity contribution in [1.82, 2.24) is 9.78 Å². The summed E-state index contributed by atoms with van der Waals surface area (Å²) in [6.45, 7) is 3.44. The molecule has 0 fully saturated rings. The predicted octanol–water partition coefficient (Wildman–Crippen LogP) is 6.21. The number of nitrogens with one attached hydrogen (secondary N) is 2. The Hall–Kier alpha value is -3.94. The van der Waals surface area contributed by atoms with Gasteiger partial charge in [0.2, 0.25) is 0 Å². The summed E-state index contributed by atoms with van der Waals surface area (Å²) in [4.78, 5) is 37.5. The van der Waals surface area contributed by atoms with Crippen LogP contribution >= 0.6 is 11.3 Å². The summed E-state index contributed by atoms with van der Waals surface area (Å²) >= 11 is 1.27. The van der Waals surface area contributed by atoms with E-state index in [1.165, 1.54) is 41.7 Å². The molecule has 0 radical (unpaired) electrons. The van der Waals surface area contributed by atoms with E-state index in [2.05, 4.69) is 15.7 Å². The molecule has 3 aromatic rings. The minimum atomic E-state index is -4.67. The molecular weight excluding hydrogens is 551 g/mol. The number of nitrogens with zero attached hydrogens (tertiary/aromatic N) is 3. The molecule has 10 nitrogen and oxygen atoms in total. The summed E-state index contributed by atoms with van der Waals surface area (Å²) < 4.78 is 48.4. The number of nitro groups is 1. The molecule has 0 unspecified atom stereocenters. The number of carbonyl (C=O) groups excluding carboxylic acids is 2. The van der Waals surface area contributed by atoms with Crippen molar-refractivity contribution in [2.45, 2.75) is 70.3 Å². The van der Waals surface area contributed by atoms with Crippen LogP contribution in [0.3, 0.4) is 0 Å². The second kappa shape index (κ2) is 10.6. The number of amides is 1. The Kier molecular flexibility index (Phi) is 7.29. The molecule has 1 aliphatic carbocycles. The van der Waals surface area contributed by atoms with Crippen molar-refractivity contribution in [3.8, 4) is 0 Å². The molecule has 14 heteroatoms. The van der Waals surface area contributed by atoms with Gasteiger partial charge in [0, 0.05) is 29.5 Å². The first-order valence-electron chi connectivity index (χ1n) is 12.8. The highest BCUT2D eigenvalue weighted by atomic mass is 32.1. The Morgan fingerprint density at radius 1 is 1.23 bits per heavy atom. The van der Waals surface area contributed by atoms with Crippen molar-refractivity contribution in [1.29, 1.82) is 0 Å². The number of halogens is 3. The summed E-state index contributed by atoms with van der Waals surface area (Å²) in [6.07, 6.45) is -2.19. The number of hydrogen-bond acceptors (Lipinski definition) is 8. The summed E-state index contributed by atoms with van der Waals surface area (Å²) in [7, 11) is 0. The van der Waals surface area contributed by atoms with E-state index in [0.29, 0.717) is 12.0 Å². The lowest BCUT2D eigenvalue weighted by molar-refractivity contribution is -0.384. The van der Waals surface area contributed by atoms with Crippen molar-refractivity contribution in [3.63, 3.8) is 0 Å². The summed E-state index contributed by atoms with van der Waals surface area (Å²) in [5.74, 6) is -1.33. The second-order valence-electron chi connectivity index (χ2n) is 10.0. The van der Waals surface area contributed by atoms with Gasteiger partial charge in [-0.3, -0.25) is 14.9 Å². The fourth-order valence-electron chi connectivity index (χ4n) is 5.04. The van der Waals surface area contributed by atoms with Crippen molar-refractivity contribution >= 4 is 39.7 Å². The smallest absolute Gasteiger partial charge is 0.410 e. The molecule has 0 spiro atoms. The SMILES string of the molecule is CC(C)OC(=O)c1c(NC(=O)c2cc3n(n2)[C@@H](C(F)(F)F)C[C@@H](c2ccc([N+](=O)[O-])cc2)N3)sc2c1CCCC2. The fourth-order valence-corrected chi connectivity index (χ4v) is 6.31. The van der Waals surface area contributed by atoms with Gasteiger partial charge in [-0.2, -0.15) is 18.3 Å². The van der Waals surface area contributed by atoms with E-state index < -0.39 is 41.5 Å². The van der Waals surface area contributed by atoms with Crippen molar-refractivity contribution in [2.75, 3.05) is 10.6 Å². The van der Waals surface area contributed by atoms with E-state index in [1.54, 1.807) is 13.8 Å². The number of non-ortho nitro benzene ring substituents is 1. The topological polar surface area (TPSA) is 128 Å². The molecular formula is C26H26F3N5O5S. The van der Waals surface area contributed by atoms with Crippen LogP contribution in [0.15, 0.2) is 30.3 Å². The molecule has 5 rings (SSSR count). The molecule has 2 aliphatic rings. The van der Waals surface area contributed by atoms with E-state index in [9.17, 15) is 32.9 Å². The Bertz CT molecular complexity index is 1460. The number of hydrogen-bond donors (Lipinski definition) is 2. The molecule has 1 aromatic carbocycles. The minimum absolute atomic E-state index is 0.0213. The number of carbonyl (C=O) groups is 2. The van der Waals surface area contributed by atoms with Crippen LogP contribution in [0.4, 0.5) is 29.7 Å². The summed E-state index contributed by atoms with van der Waals surface area (Å²) in [5.41, 5.74) is 1.12. The first kappa shape index (κ1) is 27.6. The number of thiophene rings is 1. The monoisotopic (exact) mass is 577 g/mol. The van der Waals surface area contributed by atoms with Gasteiger partial charge in [0.05, 0.1) is 22.6 Å². The number of aryl methyl sites for hydroxylation is 1. The van der Waals surface area contributed by atoms with Crippen LogP contribution in [0.25, 0.3) is 0 Å². The van der Waals surface area contributed by atoms with Crippen molar-refractivity contribution in [2.24, 2.45) is 0 Å². The molecule has 0 bridgehead atoms. The second-order valence-corrected chi connectivity index (χ2v) is 11.1. The van der Waals surface area contributed by atoms with Crippen LogP contribution in [-0.2, 0) is 17.6 Å². The van der Waals surface area contributed by atoms with Crippen LogP contribution < -0.4 is 10.6 Å². The predicted molar refractivity (Wildman–Crippen MR) is 141 cm³/mol. The number of alkyl halides is 3. The Balaban J connectivity index is 1.44. The number of anilines is 2. The number of rotatable bonds is 6. The van der Waals surface area contributed by atoms with E-state index >= 15 is 0 Å². The summed E-state index contributed by atoms with van der Waals surface area (Å²) in [6, 6.07) is 3.63. The Morgan fingerprint density at radius 2 is 1.93 bits per heavy atom. The fraction of sp³-hybridized carbons (Fsp3) is 0.423. The average Bonchev–Trinajstić information content (AvgIpc) is 3.48. The van der Waals surface area contributed by atoms with Gasteiger partial charge >= 0.3 is 12.1 Å². The van der Waals surface area contributed by atoms with Gasteiger partial charge in [0.15, 0.2) is 11.7 Å². The number of fused-ring (bicyclic) bond motifs is 2. The molecule has 0 saturated heterocycles. The van der Waals surface area contributed by atoms with E-state index in [4.69, 9.17) is 4.74 Å². The summed E-state index contributed by atoms with van der Waals surface area (Å²) in [5, 5.41) is 20.9. The zero-order chi connectivity index (χ0) is 28.8. The number of aromatic nitrogens is 2. The van der Waals surface area contributed by atoms with Crippen LogP contribution in [0.5, 0.6) is 0 Å². The maximum atomic E-state index is 14.1. The van der Waals surface area contributed by atoms with Gasteiger partial charge in [0.25, 0.3) is 11.6 Å². The lowest BCUT2D eigenvalue weighted by Gasteiger charge is -2.33. The largest absolute Gasteiger partial charge is 0.459 e. The number of nitro benzene ring substituents is 1. The Morgan fingerprint density at radius 3 is 2.58 bits per heavy atom. The maximum Gasteiger partial charge on any atom is 0.410 e. The third kappa shape index (κ3) is 5.40. The normalized spacial score (nSPS) is 18.4. The van der Waals surface area contributed by atoms with Crippen LogP contribution in [0.1, 0.15) is 82.0 Å². The highest BCUT2D eigenvalue weighted by molar-refractivity contribution is 7.17. The van der Waals surface area contributed by atoms with Gasteiger partial charge in [-0.05, 0) is 50.7 Å². The molecule has 2 atom stereocenters. The first-order valence-corrected chi connectivity index (χ1v) is 13.6. The molecule has 0 saturated carbocycles. The van der Waals surface area contributed by atoms with Gasteiger partial charge in [0.1, 0.15) is 10.8 Å². The lowest BCUT2D eigenvalue weighted by atomic mass is 9.95. The lowest BCUT2D eigenvalue weighted by Crippen LogP contribution is -2.35. The van der Waals surface area contributed by atoms with Crippen molar-refractivity contribution < 1.29 is 32.4 Å². The molecule has 40 heavy (non-hydrogen) atoms. The third-order valence-corrected chi connectivity index (χ3v) is 8.08. The highest BCUT2D eigenvalue weighted by Crippen LogP contribution is 2.44. The average molecular weight is 578 g/mol. The first-order chi connectivity index (χ1) is 18.9. The molecule has 2 aromatic heterocycles. The van der Waals surface area contributed by atoms with Crippen LogP contribution in [-0.4, -0.2) is 38.9 Å². The van der Waals surface area contributed by atoms with Gasteiger partial charge in [-0.15, -0.1) is 11.3 Å². The standard InChI is InChI=1S/C26H26F3N5O5S/c1-13(2)39-25(36)22-16-5-3-4-6-19(16)40-24(22)31-23(35)18-12-21-30-17(11-20(26(27,28)29)33(21)32-18)14-7-9-15(10-8-14)34(37)38/h7-10,12-13,17,20,30H,3-6,11H2,1-2H3,(H,31,35)/t17-,20+/m0/s1. The number of benzene rings is 1. The van der Waals surface area contributed by atoms with Gasteiger partial charge in [-0.25, -0.2) is 9.48 Å². The van der Waals surface area contributed by atoms with Crippen LogP contribution in [0, 0.1) is 10.1 Å². The Labute approximate surface area is 230 Å². The molecule has 2 N–H and O–H groups in total. The van der Waals surface area contributed by atoms with Gasteiger partial charge < -0.3 is 15.4 Å². The molecule has 1 amide bonds. The van der Waals surface area contributed by atoms with Crippen molar-refractivity contribution in [3.05, 3.63) is 67.7 Å². The van der Waals surface area contributed by atoms with Gasteiger partial charge in [-0.1, -0.05) is 12.1 Å². The highest BCUT2D eigenvalue weighted by Gasteiger charge is 2.47. The van der Waals surface area contributed by atoms with E-state index in [-0.39, 0.29) is 33.9 Å².